The Morgan fingerprint density at radius 1 is 1.20 bits per heavy atom. The van der Waals surface area contributed by atoms with Crippen LogP contribution < -0.4 is 0 Å². The van der Waals surface area contributed by atoms with E-state index < -0.39 is 5.97 Å². The molecule has 1 heterocycles. The number of fused-ring (bicyclic) bond motifs is 1. The monoisotopic (exact) mass is 337 g/mol. The maximum atomic E-state index is 12.9. The highest BCUT2D eigenvalue weighted by molar-refractivity contribution is 6.15. The van der Waals surface area contributed by atoms with Crippen LogP contribution in [0.5, 0.6) is 0 Å². The lowest BCUT2D eigenvalue weighted by Gasteiger charge is -2.14. The van der Waals surface area contributed by atoms with Crippen LogP contribution in [-0.4, -0.2) is 23.3 Å². The maximum absolute atomic E-state index is 12.9. The highest BCUT2D eigenvalue weighted by Gasteiger charge is 2.29. The molecule has 0 atom stereocenters. The molecule has 4 nitrogen and oxygen atoms in total. The summed E-state index contributed by atoms with van der Waals surface area (Å²) < 4.78 is 5.07. The van der Waals surface area contributed by atoms with Gasteiger partial charge in [-0.05, 0) is 55.9 Å². The van der Waals surface area contributed by atoms with E-state index in [2.05, 4.69) is 24.0 Å². The van der Waals surface area contributed by atoms with Gasteiger partial charge < -0.3 is 9.72 Å². The van der Waals surface area contributed by atoms with Gasteiger partial charge in [0.15, 0.2) is 5.78 Å². The lowest BCUT2D eigenvalue weighted by molar-refractivity contribution is 0.0519. The summed E-state index contributed by atoms with van der Waals surface area (Å²) in [5.41, 5.74) is 5.64. The third kappa shape index (κ3) is 3.29. The van der Waals surface area contributed by atoms with E-state index >= 15 is 0 Å². The molecule has 4 heteroatoms. The van der Waals surface area contributed by atoms with Crippen LogP contribution in [0.3, 0.4) is 0 Å². The topological polar surface area (TPSA) is 59.2 Å². The molecule has 3 rings (SSSR count). The standard InChI is InChI=1S/C21H23NO3/c1-4-14-6-8-15(9-7-14)12-16-10-11-17-18(20(16)23)13(3)19(22-17)21(24)25-5-2/h6-9,12,22H,4-5,10-11H2,1-3H3. The molecular weight excluding hydrogens is 314 g/mol. The maximum Gasteiger partial charge on any atom is 0.355 e. The molecule has 0 aliphatic heterocycles. The van der Waals surface area contributed by atoms with Crippen LogP contribution in [0.1, 0.15) is 63.5 Å². The van der Waals surface area contributed by atoms with Crippen LogP contribution >= 0.6 is 0 Å². The first-order valence-electron chi connectivity index (χ1n) is 8.77. The Hall–Kier alpha value is -2.62. The summed E-state index contributed by atoms with van der Waals surface area (Å²) >= 11 is 0. The third-order valence-corrected chi connectivity index (χ3v) is 4.70. The Kier molecular flexibility index (Phi) is 4.88. The highest BCUT2D eigenvalue weighted by Crippen LogP contribution is 2.30. The SMILES string of the molecule is CCOC(=O)c1[nH]c2c(c1C)C(=O)C(=Cc1ccc(CC)cc1)CC2. The van der Waals surface area contributed by atoms with Crippen LogP contribution in [0.4, 0.5) is 0 Å². The van der Waals surface area contributed by atoms with Gasteiger partial charge in [-0.15, -0.1) is 0 Å². The first kappa shape index (κ1) is 17.2. The van der Waals surface area contributed by atoms with Gasteiger partial charge in [0.25, 0.3) is 0 Å². The summed E-state index contributed by atoms with van der Waals surface area (Å²) in [6.07, 6.45) is 4.35. The molecule has 0 fully saturated rings. The van der Waals surface area contributed by atoms with E-state index in [1.807, 2.05) is 18.2 Å². The molecule has 1 aliphatic carbocycles. The number of aryl methyl sites for hydroxylation is 2. The first-order chi connectivity index (χ1) is 12.0. The molecule has 0 spiro atoms. The number of hydrogen-bond acceptors (Lipinski definition) is 3. The fourth-order valence-electron chi connectivity index (χ4n) is 3.28. The van der Waals surface area contributed by atoms with Crippen molar-refractivity contribution in [3.05, 3.63) is 63.5 Å². The lowest BCUT2D eigenvalue weighted by atomic mass is 9.88. The molecular formula is C21H23NO3. The predicted octanol–water partition coefficient (Wildman–Crippen LogP) is 4.27. The van der Waals surface area contributed by atoms with Gasteiger partial charge in [-0.2, -0.15) is 0 Å². The van der Waals surface area contributed by atoms with Crippen molar-refractivity contribution in [2.75, 3.05) is 6.61 Å². The number of Topliss-reactive ketones (excluding diaryl/α,β-unsaturated/α-hetero) is 1. The Morgan fingerprint density at radius 3 is 2.56 bits per heavy atom. The molecule has 0 saturated carbocycles. The van der Waals surface area contributed by atoms with Gasteiger partial charge >= 0.3 is 5.97 Å². The molecule has 1 aromatic carbocycles. The van der Waals surface area contributed by atoms with E-state index in [9.17, 15) is 9.59 Å². The molecule has 0 amide bonds. The number of aromatic amines is 1. The second-order valence-corrected chi connectivity index (χ2v) is 6.29. The number of rotatable bonds is 4. The van der Waals surface area contributed by atoms with Crippen molar-refractivity contribution in [2.24, 2.45) is 0 Å². The number of H-pyrrole nitrogens is 1. The Morgan fingerprint density at radius 2 is 1.92 bits per heavy atom. The van der Waals surface area contributed by atoms with Crippen molar-refractivity contribution >= 4 is 17.8 Å². The van der Waals surface area contributed by atoms with E-state index in [1.54, 1.807) is 13.8 Å². The van der Waals surface area contributed by atoms with Gasteiger partial charge in [0.2, 0.25) is 0 Å². The van der Waals surface area contributed by atoms with Gasteiger partial charge in [-0.25, -0.2) is 4.79 Å². The number of carbonyl (C=O) groups is 2. The summed E-state index contributed by atoms with van der Waals surface area (Å²) in [7, 11) is 0. The molecule has 2 aromatic rings. The van der Waals surface area contributed by atoms with Gasteiger partial charge in [0.05, 0.1) is 6.61 Å². The third-order valence-electron chi connectivity index (χ3n) is 4.70. The molecule has 0 bridgehead atoms. The number of ether oxygens (including phenoxy) is 1. The fraction of sp³-hybridized carbons (Fsp3) is 0.333. The number of ketones is 1. The van der Waals surface area contributed by atoms with E-state index in [0.717, 1.165) is 29.7 Å². The average molecular weight is 337 g/mol. The number of hydrogen-bond donors (Lipinski definition) is 1. The van der Waals surface area contributed by atoms with Crippen molar-refractivity contribution in [1.29, 1.82) is 0 Å². The van der Waals surface area contributed by atoms with Gasteiger partial charge in [0.1, 0.15) is 5.69 Å². The Labute approximate surface area is 147 Å². The minimum atomic E-state index is -0.400. The van der Waals surface area contributed by atoms with Gasteiger partial charge in [-0.3, -0.25) is 4.79 Å². The summed E-state index contributed by atoms with van der Waals surface area (Å²) in [6.45, 7) is 6.01. The van der Waals surface area contributed by atoms with E-state index in [1.165, 1.54) is 5.56 Å². The second-order valence-electron chi connectivity index (χ2n) is 6.29. The van der Waals surface area contributed by atoms with E-state index in [-0.39, 0.29) is 5.78 Å². The normalized spacial score (nSPS) is 15.3. The van der Waals surface area contributed by atoms with E-state index in [0.29, 0.717) is 29.8 Å². The quantitative estimate of drug-likeness (QED) is 0.669. The summed E-state index contributed by atoms with van der Waals surface area (Å²) in [5, 5.41) is 0. The van der Waals surface area contributed by atoms with Crippen LogP contribution in [-0.2, 0) is 17.6 Å². The number of allylic oxidation sites excluding steroid dienone is 1. The lowest BCUT2D eigenvalue weighted by Crippen LogP contribution is -2.14. The predicted molar refractivity (Wildman–Crippen MR) is 97.9 cm³/mol. The highest BCUT2D eigenvalue weighted by atomic mass is 16.5. The van der Waals surface area contributed by atoms with Crippen molar-refractivity contribution in [2.45, 2.75) is 40.0 Å². The van der Waals surface area contributed by atoms with E-state index in [4.69, 9.17) is 4.74 Å². The number of carbonyl (C=O) groups excluding carboxylic acids is 2. The average Bonchev–Trinajstić information content (AvgIpc) is 2.96. The van der Waals surface area contributed by atoms with Crippen molar-refractivity contribution < 1.29 is 14.3 Å². The molecule has 1 N–H and O–H groups in total. The van der Waals surface area contributed by atoms with Crippen LogP contribution in [0.2, 0.25) is 0 Å². The zero-order valence-corrected chi connectivity index (χ0v) is 14.9. The Bertz CT molecular complexity index is 841. The number of aromatic nitrogens is 1. The molecule has 0 unspecified atom stereocenters. The van der Waals surface area contributed by atoms with Crippen LogP contribution in [0, 0.1) is 6.92 Å². The molecule has 1 aromatic heterocycles. The van der Waals surface area contributed by atoms with Crippen molar-refractivity contribution in [1.82, 2.24) is 4.98 Å². The van der Waals surface area contributed by atoms with Crippen LogP contribution in [0.15, 0.2) is 29.8 Å². The summed E-state index contributed by atoms with van der Waals surface area (Å²) in [4.78, 5) is 28.1. The molecule has 130 valence electrons. The molecule has 1 aliphatic rings. The van der Waals surface area contributed by atoms with Gasteiger partial charge in [-0.1, -0.05) is 31.2 Å². The zero-order valence-electron chi connectivity index (χ0n) is 14.9. The largest absolute Gasteiger partial charge is 0.461 e. The molecule has 0 saturated heterocycles. The smallest absolute Gasteiger partial charge is 0.355 e. The summed E-state index contributed by atoms with van der Waals surface area (Å²) in [5.74, 6) is -0.395. The molecule has 0 radical (unpaired) electrons. The zero-order chi connectivity index (χ0) is 18.0. The first-order valence-corrected chi connectivity index (χ1v) is 8.77. The minimum absolute atomic E-state index is 0.00474. The second kappa shape index (κ2) is 7.09. The number of nitrogens with one attached hydrogen (secondary N) is 1. The fourth-order valence-corrected chi connectivity index (χ4v) is 3.28. The number of benzene rings is 1. The van der Waals surface area contributed by atoms with Crippen molar-refractivity contribution in [3.63, 3.8) is 0 Å². The minimum Gasteiger partial charge on any atom is -0.461 e. The Balaban J connectivity index is 1.92. The molecule has 25 heavy (non-hydrogen) atoms. The van der Waals surface area contributed by atoms with Crippen LogP contribution in [0.25, 0.3) is 6.08 Å². The number of esters is 1. The van der Waals surface area contributed by atoms with Crippen molar-refractivity contribution in [3.8, 4) is 0 Å². The summed E-state index contributed by atoms with van der Waals surface area (Å²) in [6, 6.07) is 8.27. The van der Waals surface area contributed by atoms with Gasteiger partial charge in [0, 0.05) is 16.8 Å².